The molecule has 60 valence electrons. The zero-order valence-electron chi connectivity index (χ0n) is 6.49. The molecule has 0 aliphatic carbocycles. The van der Waals surface area contributed by atoms with Crippen LogP contribution in [0.25, 0.3) is 0 Å². The molecule has 2 heterocycles. The van der Waals surface area contributed by atoms with Crippen molar-refractivity contribution < 1.29 is 4.79 Å². The van der Waals surface area contributed by atoms with Crippen molar-refractivity contribution in [3.8, 4) is 0 Å². The van der Waals surface area contributed by atoms with Crippen molar-refractivity contribution in [2.45, 2.75) is 24.6 Å². The van der Waals surface area contributed by atoms with E-state index < -0.39 is 0 Å². The summed E-state index contributed by atoms with van der Waals surface area (Å²) in [6.45, 7) is 2.15. The van der Waals surface area contributed by atoms with E-state index >= 15 is 0 Å². The third kappa shape index (κ3) is 0.984. The Morgan fingerprint density at radius 2 is 2.64 bits per heavy atom. The predicted octanol–water partition coefficient (Wildman–Crippen LogP) is 1.24. The van der Waals surface area contributed by atoms with Crippen LogP contribution in [0.1, 0.15) is 13.3 Å². The third-order valence-corrected chi connectivity index (χ3v) is 3.39. The highest BCUT2D eigenvalue weighted by Crippen LogP contribution is 2.35. The molecule has 0 saturated carbocycles. The highest BCUT2D eigenvalue weighted by atomic mass is 32.2. The second-order valence-corrected chi connectivity index (χ2v) is 4.29. The Balaban J connectivity index is 1.99. The fourth-order valence-electron chi connectivity index (χ4n) is 1.59. The molecule has 0 spiro atoms. The number of fused-ring (bicyclic) bond motifs is 1. The van der Waals surface area contributed by atoms with Gasteiger partial charge in [0, 0.05) is 17.9 Å². The number of thioether (sulfide) groups is 1. The van der Waals surface area contributed by atoms with E-state index in [0.717, 1.165) is 12.2 Å². The maximum absolute atomic E-state index is 10.9. The Morgan fingerprint density at radius 3 is 3.18 bits per heavy atom. The van der Waals surface area contributed by atoms with Crippen LogP contribution in [-0.2, 0) is 4.79 Å². The number of rotatable bonds is 2. The summed E-state index contributed by atoms with van der Waals surface area (Å²) in [6.07, 6.45) is 4.83. The first-order valence-corrected chi connectivity index (χ1v) is 4.99. The number of β-lactam (4-membered cyclic amide) rings is 1. The molecular weight excluding hydrogens is 158 g/mol. The van der Waals surface area contributed by atoms with E-state index in [0.29, 0.717) is 11.3 Å². The van der Waals surface area contributed by atoms with Crippen LogP contribution in [0, 0.1) is 0 Å². The molecule has 0 aromatic heterocycles. The average molecular weight is 169 g/mol. The van der Waals surface area contributed by atoms with Gasteiger partial charge in [0.05, 0.1) is 6.04 Å². The van der Waals surface area contributed by atoms with Gasteiger partial charge in [0.2, 0.25) is 5.91 Å². The minimum atomic E-state index is 0.283. The van der Waals surface area contributed by atoms with Crippen molar-refractivity contribution in [2.24, 2.45) is 0 Å². The van der Waals surface area contributed by atoms with Gasteiger partial charge in [-0.3, -0.25) is 4.79 Å². The number of carbonyl (C=O) groups is 1. The Labute approximate surface area is 70.6 Å². The molecule has 11 heavy (non-hydrogen) atoms. The molecular formula is C8H11NOS. The molecule has 1 saturated heterocycles. The van der Waals surface area contributed by atoms with Crippen LogP contribution in [0.3, 0.4) is 0 Å². The SMILES string of the molecule is CCSC1C=CN2C(=O)C[C@@H]12. The highest BCUT2D eigenvalue weighted by Gasteiger charge is 2.42. The van der Waals surface area contributed by atoms with E-state index in [2.05, 4.69) is 13.0 Å². The van der Waals surface area contributed by atoms with Crippen molar-refractivity contribution in [1.82, 2.24) is 4.90 Å². The van der Waals surface area contributed by atoms with Crippen LogP contribution in [0.5, 0.6) is 0 Å². The Bertz CT molecular complexity index is 214. The lowest BCUT2D eigenvalue weighted by Gasteiger charge is -2.36. The van der Waals surface area contributed by atoms with Crippen LogP contribution in [0.15, 0.2) is 12.3 Å². The summed E-state index contributed by atoms with van der Waals surface area (Å²) < 4.78 is 0. The van der Waals surface area contributed by atoms with Crippen molar-refractivity contribution in [3.05, 3.63) is 12.3 Å². The molecule has 0 radical (unpaired) electrons. The Hall–Kier alpha value is -0.440. The lowest BCUT2D eigenvalue weighted by atomic mass is 10.0. The number of carbonyl (C=O) groups excluding carboxylic acids is 1. The quantitative estimate of drug-likeness (QED) is 0.580. The maximum atomic E-state index is 10.9. The summed E-state index contributed by atoms with van der Waals surface area (Å²) in [5.74, 6) is 1.42. The second kappa shape index (κ2) is 2.55. The molecule has 0 N–H and O–H groups in total. The largest absolute Gasteiger partial charge is 0.314 e. The minimum absolute atomic E-state index is 0.283. The van der Waals surface area contributed by atoms with Gasteiger partial charge in [0.15, 0.2) is 0 Å². The minimum Gasteiger partial charge on any atom is -0.314 e. The third-order valence-electron chi connectivity index (χ3n) is 2.20. The summed E-state index contributed by atoms with van der Waals surface area (Å²) in [6, 6.07) is 0.493. The van der Waals surface area contributed by atoms with Crippen molar-refractivity contribution >= 4 is 17.7 Å². The lowest BCUT2D eigenvalue weighted by molar-refractivity contribution is -0.139. The lowest BCUT2D eigenvalue weighted by Crippen LogP contribution is -2.50. The average Bonchev–Trinajstić information content (AvgIpc) is 2.28. The number of hydrogen-bond donors (Lipinski definition) is 0. The Kier molecular flexibility index (Phi) is 1.68. The van der Waals surface area contributed by atoms with Gasteiger partial charge in [-0.2, -0.15) is 11.8 Å². The molecule has 1 fully saturated rings. The summed E-state index contributed by atoms with van der Waals surface area (Å²) in [4.78, 5) is 12.8. The van der Waals surface area contributed by atoms with Crippen molar-refractivity contribution in [2.75, 3.05) is 5.75 Å². The van der Waals surface area contributed by atoms with E-state index in [4.69, 9.17) is 0 Å². The zero-order chi connectivity index (χ0) is 7.84. The second-order valence-electron chi connectivity index (χ2n) is 2.83. The van der Waals surface area contributed by atoms with Gasteiger partial charge in [-0.05, 0) is 5.75 Å². The topological polar surface area (TPSA) is 20.3 Å². The van der Waals surface area contributed by atoms with E-state index in [1.54, 1.807) is 0 Å². The number of hydrogen-bond acceptors (Lipinski definition) is 2. The maximum Gasteiger partial charge on any atom is 0.228 e. The fraction of sp³-hybridized carbons (Fsp3) is 0.625. The van der Waals surface area contributed by atoms with E-state index in [-0.39, 0.29) is 5.91 Å². The van der Waals surface area contributed by atoms with E-state index in [1.165, 1.54) is 0 Å². The highest BCUT2D eigenvalue weighted by molar-refractivity contribution is 8.00. The zero-order valence-corrected chi connectivity index (χ0v) is 7.30. The molecule has 2 aliphatic rings. The molecule has 0 bridgehead atoms. The molecule has 2 nitrogen and oxygen atoms in total. The van der Waals surface area contributed by atoms with Gasteiger partial charge in [-0.15, -0.1) is 0 Å². The molecule has 2 aliphatic heterocycles. The van der Waals surface area contributed by atoms with Crippen molar-refractivity contribution in [1.29, 1.82) is 0 Å². The number of amides is 1. The van der Waals surface area contributed by atoms with Crippen LogP contribution < -0.4 is 0 Å². The first-order chi connectivity index (χ1) is 5.33. The fourth-order valence-corrected chi connectivity index (χ4v) is 2.60. The van der Waals surface area contributed by atoms with Crippen LogP contribution >= 0.6 is 11.8 Å². The normalized spacial score (nSPS) is 33.9. The monoisotopic (exact) mass is 169 g/mol. The van der Waals surface area contributed by atoms with Gasteiger partial charge in [0.25, 0.3) is 0 Å². The smallest absolute Gasteiger partial charge is 0.228 e. The van der Waals surface area contributed by atoms with Gasteiger partial charge in [-0.1, -0.05) is 13.0 Å². The first kappa shape index (κ1) is 7.22. The summed E-state index contributed by atoms with van der Waals surface area (Å²) in [7, 11) is 0. The van der Waals surface area contributed by atoms with Crippen LogP contribution in [0.4, 0.5) is 0 Å². The van der Waals surface area contributed by atoms with Crippen LogP contribution in [-0.4, -0.2) is 27.9 Å². The Morgan fingerprint density at radius 1 is 1.82 bits per heavy atom. The molecule has 0 aromatic rings. The van der Waals surface area contributed by atoms with Gasteiger partial charge < -0.3 is 4.90 Å². The molecule has 2 atom stereocenters. The number of nitrogens with zero attached hydrogens (tertiary/aromatic N) is 1. The molecule has 1 unspecified atom stereocenters. The first-order valence-electron chi connectivity index (χ1n) is 3.94. The summed E-state index contributed by atoms with van der Waals surface area (Å²) in [5.41, 5.74) is 0. The molecule has 0 aromatic carbocycles. The van der Waals surface area contributed by atoms with Gasteiger partial charge in [-0.25, -0.2) is 0 Å². The summed E-state index contributed by atoms with van der Waals surface area (Å²) >= 11 is 1.92. The van der Waals surface area contributed by atoms with Crippen LogP contribution in [0.2, 0.25) is 0 Å². The van der Waals surface area contributed by atoms with Gasteiger partial charge in [0.1, 0.15) is 0 Å². The standard InChI is InChI=1S/C8H11NOS/c1-2-11-7-3-4-9-6(7)5-8(9)10/h3-4,6-7H,2,5H2,1H3/t6-,7?/m0/s1. The molecule has 1 amide bonds. The van der Waals surface area contributed by atoms with E-state index in [9.17, 15) is 4.79 Å². The molecule has 2 rings (SSSR count). The van der Waals surface area contributed by atoms with E-state index in [1.807, 2.05) is 22.9 Å². The summed E-state index contributed by atoms with van der Waals surface area (Å²) in [5, 5.41) is 0.567. The predicted molar refractivity (Wildman–Crippen MR) is 46.3 cm³/mol. The van der Waals surface area contributed by atoms with Crippen molar-refractivity contribution in [3.63, 3.8) is 0 Å². The van der Waals surface area contributed by atoms with Gasteiger partial charge >= 0.3 is 0 Å². The molecule has 3 heteroatoms.